The molecule has 7 nitrogen and oxygen atoms in total. The highest BCUT2D eigenvalue weighted by atomic mass is 16.4. The molecular weight excluding hydrogens is 308 g/mol. The maximum atomic E-state index is 12.9. The lowest BCUT2D eigenvalue weighted by molar-refractivity contribution is -0.143. The third-order valence-corrected chi connectivity index (χ3v) is 4.62. The molecule has 1 fully saturated rings. The minimum absolute atomic E-state index is 0.0440. The van der Waals surface area contributed by atoms with E-state index in [2.05, 4.69) is 10.1 Å². The van der Waals surface area contributed by atoms with E-state index < -0.39 is 11.9 Å². The van der Waals surface area contributed by atoms with E-state index in [4.69, 9.17) is 0 Å². The van der Waals surface area contributed by atoms with Gasteiger partial charge in [-0.3, -0.25) is 9.59 Å². The van der Waals surface area contributed by atoms with Gasteiger partial charge in [-0.25, -0.2) is 9.67 Å². The third-order valence-electron chi connectivity index (χ3n) is 4.62. The topological polar surface area (TPSA) is 88.3 Å². The number of likely N-dealkylation sites (tertiary alicyclic amines) is 1. The first-order valence-electron chi connectivity index (χ1n) is 7.97. The Hall–Kier alpha value is -2.70. The molecule has 1 aliphatic rings. The van der Waals surface area contributed by atoms with Crippen LogP contribution in [-0.4, -0.2) is 49.2 Å². The number of benzene rings is 1. The predicted molar refractivity (Wildman–Crippen MR) is 87.0 cm³/mol. The fraction of sp³-hybridized carbons (Fsp3) is 0.412. The molecular formula is C17H20N4O3. The van der Waals surface area contributed by atoms with Crippen molar-refractivity contribution < 1.29 is 14.7 Å². The Morgan fingerprint density at radius 3 is 2.71 bits per heavy atom. The zero-order valence-corrected chi connectivity index (χ0v) is 13.7. The second-order valence-electron chi connectivity index (χ2n) is 6.26. The second-order valence-corrected chi connectivity index (χ2v) is 6.26. The van der Waals surface area contributed by atoms with Crippen LogP contribution < -0.4 is 0 Å². The zero-order valence-electron chi connectivity index (χ0n) is 13.7. The molecule has 3 rings (SSSR count). The zero-order chi connectivity index (χ0) is 17.3. The number of hydrogen-bond acceptors (Lipinski definition) is 4. The number of amides is 1. The summed E-state index contributed by atoms with van der Waals surface area (Å²) >= 11 is 0. The molecule has 2 atom stereocenters. The van der Waals surface area contributed by atoms with E-state index in [1.807, 2.05) is 26.0 Å². The van der Waals surface area contributed by atoms with Crippen LogP contribution in [-0.2, 0) is 4.79 Å². The minimum atomic E-state index is -0.835. The van der Waals surface area contributed by atoms with Gasteiger partial charge >= 0.3 is 5.97 Å². The Balaban J connectivity index is 1.85. The van der Waals surface area contributed by atoms with Crippen molar-refractivity contribution in [2.75, 3.05) is 6.54 Å². The maximum Gasteiger partial charge on any atom is 0.308 e. The number of piperidine rings is 1. The van der Waals surface area contributed by atoms with Crippen molar-refractivity contribution in [1.82, 2.24) is 19.7 Å². The van der Waals surface area contributed by atoms with Gasteiger partial charge in [0.1, 0.15) is 12.7 Å². The number of aliphatic carboxylic acids is 1. The molecule has 1 aromatic carbocycles. The van der Waals surface area contributed by atoms with Crippen molar-refractivity contribution in [3.05, 3.63) is 42.0 Å². The van der Waals surface area contributed by atoms with Gasteiger partial charge in [-0.1, -0.05) is 0 Å². The van der Waals surface area contributed by atoms with Crippen molar-refractivity contribution in [3.8, 4) is 5.69 Å². The molecule has 0 aliphatic carbocycles. The first-order chi connectivity index (χ1) is 11.5. The number of aromatic nitrogens is 3. The van der Waals surface area contributed by atoms with E-state index in [1.165, 1.54) is 6.33 Å². The lowest BCUT2D eigenvalue weighted by Gasteiger charge is -2.36. The summed E-state index contributed by atoms with van der Waals surface area (Å²) in [5, 5.41) is 13.3. The molecule has 1 amide bonds. The Morgan fingerprint density at radius 2 is 2.08 bits per heavy atom. The summed E-state index contributed by atoms with van der Waals surface area (Å²) in [4.78, 5) is 29.7. The highest BCUT2D eigenvalue weighted by Gasteiger charge is 2.33. The Kier molecular flexibility index (Phi) is 4.33. The van der Waals surface area contributed by atoms with Crippen LogP contribution in [0.5, 0.6) is 0 Å². The number of aryl methyl sites for hydroxylation is 1. The minimum Gasteiger partial charge on any atom is -0.481 e. The largest absolute Gasteiger partial charge is 0.481 e. The highest BCUT2D eigenvalue weighted by molar-refractivity contribution is 5.96. The van der Waals surface area contributed by atoms with Gasteiger partial charge in [0.2, 0.25) is 0 Å². The second kappa shape index (κ2) is 6.43. The van der Waals surface area contributed by atoms with Crippen molar-refractivity contribution >= 4 is 11.9 Å². The number of carbonyl (C=O) groups is 2. The average Bonchev–Trinajstić information content (AvgIpc) is 3.09. The molecule has 0 bridgehead atoms. The van der Waals surface area contributed by atoms with Crippen molar-refractivity contribution in [2.45, 2.75) is 32.7 Å². The summed E-state index contributed by atoms with van der Waals surface area (Å²) in [7, 11) is 0. The van der Waals surface area contributed by atoms with Crippen LogP contribution in [0.3, 0.4) is 0 Å². The summed E-state index contributed by atoms with van der Waals surface area (Å²) in [6.07, 6.45) is 4.37. The molecule has 2 aromatic rings. The van der Waals surface area contributed by atoms with Crippen molar-refractivity contribution in [2.24, 2.45) is 5.92 Å². The quantitative estimate of drug-likeness (QED) is 0.929. The average molecular weight is 328 g/mol. The third kappa shape index (κ3) is 3.02. The van der Waals surface area contributed by atoms with E-state index in [0.29, 0.717) is 18.4 Å². The molecule has 1 N–H and O–H groups in total. The van der Waals surface area contributed by atoms with Gasteiger partial charge in [0, 0.05) is 18.2 Å². The number of rotatable bonds is 3. The summed E-state index contributed by atoms with van der Waals surface area (Å²) in [5.41, 5.74) is 2.26. The molecule has 0 saturated carbocycles. The van der Waals surface area contributed by atoms with Gasteiger partial charge in [0.15, 0.2) is 0 Å². The van der Waals surface area contributed by atoms with Gasteiger partial charge < -0.3 is 10.0 Å². The van der Waals surface area contributed by atoms with Crippen LogP contribution in [0.1, 0.15) is 35.7 Å². The standard InChI is InChI=1S/C17H20N4O3/c1-11-7-14(21-10-18-9-19-21)5-6-15(11)16(22)20-8-13(17(23)24)4-3-12(20)2/h5-7,9-10,12-13H,3-4,8H2,1-2H3,(H,23,24). The smallest absolute Gasteiger partial charge is 0.308 e. The van der Waals surface area contributed by atoms with Crippen LogP contribution in [0.25, 0.3) is 5.69 Å². The summed E-state index contributed by atoms with van der Waals surface area (Å²) in [6, 6.07) is 5.51. The number of carboxylic acids is 1. The predicted octanol–water partition coefficient (Wildman–Crippen LogP) is 1.90. The fourth-order valence-corrected chi connectivity index (χ4v) is 3.12. The lowest BCUT2D eigenvalue weighted by Crippen LogP contribution is -2.47. The fourth-order valence-electron chi connectivity index (χ4n) is 3.12. The molecule has 0 spiro atoms. The summed E-state index contributed by atoms with van der Waals surface area (Å²) in [5.74, 6) is -1.44. The van der Waals surface area contributed by atoms with Crippen LogP contribution in [0.2, 0.25) is 0 Å². The monoisotopic (exact) mass is 328 g/mol. The van der Waals surface area contributed by atoms with Gasteiger partial charge in [0.05, 0.1) is 11.6 Å². The summed E-state index contributed by atoms with van der Waals surface area (Å²) in [6.45, 7) is 4.10. The molecule has 1 saturated heterocycles. The Bertz CT molecular complexity index is 757. The van der Waals surface area contributed by atoms with Gasteiger partial charge in [-0.15, -0.1) is 0 Å². The van der Waals surface area contributed by atoms with E-state index in [1.54, 1.807) is 22.0 Å². The normalized spacial score (nSPS) is 20.8. The van der Waals surface area contributed by atoms with Crippen molar-refractivity contribution in [3.63, 3.8) is 0 Å². The van der Waals surface area contributed by atoms with Crippen LogP contribution in [0, 0.1) is 12.8 Å². The Labute approximate surface area is 139 Å². The van der Waals surface area contributed by atoms with Gasteiger partial charge in [-0.05, 0) is 50.5 Å². The van der Waals surface area contributed by atoms with Crippen molar-refractivity contribution in [1.29, 1.82) is 0 Å². The maximum absolute atomic E-state index is 12.9. The van der Waals surface area contributed by atoms with Crippen LogP contribution >= 0.6 is 0 Å². The summed E-state index contributed by atoms with van der Waals surface area (Å²) < 4.78 is 1.63. The molecule has 0 radical (unpaired) electrons. The molecule has 2 heterocycles. The Morgan fingerprint density at radius 1 is 1.29 bits per heavy atom. The van der Waals surface area contributed by atoms with Gasteiger partial charge in [-0.2, -0.15) is 5.10 Å². The number of carboxylic acid groups (broad SMARTS) is 1. The number of hydrogen-bond donors (Lipinski definition) is 1. The lowest BCUT2D eigenvalue weighted by atomic mass is 9.92. The number of nitrogens with zero attached hydrogens (tertiary/aromatic N) is 4. The SMILES string of the molecule is Cc1cc(-n2cncn2)ccc1C(=O)N1CC(C(=O)O)CCC1C. The van der Waals surface area contributed by atoms with E-state index in [9.17, 15) is 14.7 Å². The first kappa shape index (κ1) is 16.2. The van der Waals surface area contributed by atoms with E-state index in [0.717, 1.165) is 11.3 Å². The molecule has 2 unspecified atom stereocenters. The molecule has 24 heavy (non-hydrogen) atoms. The molecule has 126 valence electrons. The highest BCUT2D eigenvalue weighted by Crippen LogP contribution is 2.25. The van der Waals surface area contributed by atoms with E-state index >= 15 is 0 Å². The molecule has 7 heteroatoms. The van der Waals surface area contributed by atoms with E-state index in [-0.39, 0.29) is 18.5 Å². The van der Waals surface area contributed by atoms with Crippen LogP contribution in [0.4, 0.5) is 0 Å². The van der Waals surface area contributed by atoms with Crippen LogP contribution in [0.15, 0.2) is 30.9 Å². The molecule has 1 aliphatic heterocycles. The number of carbonyl (C=O) groups excluding carboxylic acids is 1. The van der Waals surface area contributed by atoms with Gasteiger partial charge in [0.25, 0.3) is 5.91 Å². The molecule has 1 aromatic heterocycles. The first-order valence-corrected chi connectivity index (χ1v) is 7.97.